The zero-order valence-corrected chi connectivity index (χ0v) is 30.2. The van der Waals surface area contributed by atoms with Crippen LogP contribution in [0.15, 0.2) is 36.7 Å². The first-order valence-corrected chi connectivity index (χ1v) is 16.8. The van der Waals surface area contributed by atoms with Crippen LogP contribution in [0, 0.1) is 0 Å². The first-order chi connectivity index (χ1) is 27.4. The fourth-order valence-corrected chi connectivity index (χ4v) is 4.50. The molecular formula is C32H29F23N2O4. The Labute approximate surface area is 327 Å². The van der Waals surface area contributed by atoms with Crippen molar-refractivity contribution < 1.29 is 120 Å². The van der Waals surface area contributed by atoms with Gasteiger partial charge in [-0.15, -0.1) is 0 Å². The monoisotopic (exact) mass is 942 g/mol. The van der Waals surface area contributed by atoms with Crippen LogP contribution in [0.4, 0.5) is 101 Å². The lowest BCUT2D eigenvalue weighted by Gasteiger charge is -2.40. The van der Waals surface area contributed by atoms with E-state index in [1.807, 2.05) is 0 Å². The Balaban J connectivity index is 2.47. The lowest BCUT2D eigenvalue weighted by atomic mass is 10.1. The van der Waals surface area contributed by atoms with Gasteiger partial charge in [0.1, 0.15) is 5.75 Å². The predicted octanol–water partition coefficient (Wildman–Crippen LogP) is 12.8. The molecule has 0 saturated carbocycles. The molecular weight excluding hydrogens is 913 g/mol. The molecule has 2 rings (SSSR count). The molecule has 0 bridgehead atoms. The van der Waals surface area contributed by atoms with Crippen molar-refractivity contribution in [3.63, 3.8) is 0 Å². The van der Waals surface area contributed by atoms with Gasteiger partial charge in [0, 0.05) is 5.56 Å². The summed E-state index contributed by atoms with van der Waals surface area (Å²) in [7, 11) is 0. The van der Waals surface area contributed by atoms with Crippen molar-refractivity contribution in [1.29, 1.82) is 0 Å². The van der Waals surface area contributed by atoms with Crippen LogP contribution in [0.3, 0.4) is 0 Å². The van der Waals surface area contributed by atoms with Crippen molar-refractivity contribution >= 4 is 0 Å². The summed E-state index contributed by atoms with van der Waals surface area (Å²) in [5, 5.41) is 0. The molecule has 0 fully saturated rings. The van der Waals surface area contributed by atoms with Crippen LogP contribution in [0.5, 0.6) is 11.5 Å². The Kier molecular flexibility index (Phi) is 16.5. The largest absolute Gasteiger partial charge is 0.490 e. The second kappa shape index (κ2) is 18.9. The van der Waals surface area contributed by atoms with Crippen LogP contribution in [0.1, 0.15) is 58.3 Å². The molecule has 0 amide bonds. The quantitative estimate of drug-likeness (QED) is 0.0594. The smallest absolute Gasteiger partial charge is 0.460 e. The molecule has 0 aliphatic carbocycles. The van der Waals surface area contributed by atoms with Crippen LogP contribution in [-0.2, 0) is 9.47 Å². The van der Waals surface area contributed by atoms with E-state index in [0.717, 1.165) is 57.3 Å². The number of alkyl halides is 23. The summed E-state index contributed by atoms with van der Waals surface area (Å²) in [5.41, 5.74) is -0.280. The second-order valence-electron chi connectivity index (χ2n) is 12.7. The second-order valence-corrected chi connectivity index (χ2v) is 12.7. The maximum Gasteiger partial charge on any atom is 0.460 e. The van der Waals surface area contributed by atoms with Gasteiger partial charge in [-0.3, -0.25) is 4.74 Å². The Hall–Kier alpha value is -3.79. The first-order valence-electron chi connectivity index (χ1n) is 16.8. The van der Waals surface area contributed by atoms with E-state index >= 15 is 8.78 Å². The molecule has 1 aromatic heterocycles. The minimum absolute atomic E-state index is 0.0879. The molecule has 0 saturated heterocycles. The zero-order chi connectivity index (χ0) is 47.3. The minimum Gasteiger partial charge on any atom is -0.490 e. The number of aromatic nitrogens is 2. The standard InChI is InChI=1S/C32H29F23N2O4/c1-2-3-4-5-6-7-8-9-14-58-19-15-56-20(57-16-19)17-10-12-18(13-11-17)59-22(60-30(50,51)23(34,35)21(33)25(38,39)40)24(36,37)26(41,42)31(52,53)61-32(54,55)28(45,46)27(43,44)29(47,48)49/h10-13,15-16,21-22H,2-9,14H2,1H3. The SMILES string of the molecule is CCCCCCCCCCOc1cnc(-c2ccc(OC(OC(F)(F)C(F)(F)C(F)C(F)(F)F)C(F)(F)C(F)(F)C(F)(F)OC(F)(F)C(F)(F)C(F)(F)C(F)(F)F)cc2)nc1. The number of nitrogens with zero attached hydrogens (tertiary/aromatic N) is 2. The number of ether oxygens (including phenoxy) is 4. The molecule has 6 nitrogen and oxygen atoms in total. The molecule has 2 atom stereocenters. The van der Waals surface area contributed by atoms with Gasteiger partial charge in [-0.05, 0) is 30.7 Å². The van der Waals surface area contributed by atoms with E-state index in [1.165, 1.54) is 4.74 Å². The van der Waals surface area contributed by atoms with Crippen molar-refractivity contribution in [2.75, 3.05) is 6.61 Å². The van der Waals surface area contributed by atoms with E-state index in [-0.39, 0.29) is 35.9 Å². The van der Waals surface area contributed by atoms with Crippen molar-refractivity contribution in [1.82, 2.24) is 9.97 Å². The van der Waals surface area contributed by atoms with E-state index < -0.39 is 78.5 Å². The fraction of sp³-hybridized carbons (Fsp3) is 0.688. The number of benzene rings is 1. The molecule has 29 heteroatoms. The van der Waals surface area contributed by atoms with Gasteiger partial charge < -0.3 is 9.47 Å². The van der Waals surface area contributed by atoms with Gasteiger partial charge in [-0.25, -0.2) is 19.1 Å². The third kappa shape index (κ3) is 11.8. The first kappa shape index (κ1) is 53.3. The number of hydrogen-bond acceptors (Lipinski definition) is 6. The molecule has 352 valence electrons. The number of hydrogen-bond donors (Lipinski definition) is 0. The summed E-state index contributed by atoms with van der Waals surface area (Å²) in [4.78, 5) is 7.66. The van der Waals surface area contributed by atoms with Gasteiger partial charge in [0.15, 0.2) is 11.6 Å². The molecule has 2 aromatic rings. The van der Waals surface area contributed by atoms with Crippen molar-refractivity contribution in [2.45, 2.75) is 131 Å². The van der Waals surface area contributed by atoms with Gasteiger partial charge >= 0.3 is 60.3 Å². The summed E-state index contributed by atoms with van der Waals surface area (Å²) in [6, 6.07) is 1.44. The summed E-state index contributed by atoms with van der Waals surface area (Å²) in [5.74, 6) is -42.3. The molecule has 1 aromatic carbocycles. The van der Waals surface area contributed by atoms with Gasteiger partial charge in [0.2, 0.25) is 0 Å². The van der Waals surface area contributed by atoms with Crippen LogP contribution >= 0.6 is 0 Å². The fourth-order valence-electron chi connectivity index (χ4n) is 4.50. The normalized spacial score (nSPS) is 15.5. The Morgan fingerprint density at radius 3 is 1.44 bits per heavy atom. The maximum atomic E-state index is 15.0. The van der Waals surface area contributed by atoms with Crippen molar-refractivity contribution in [3.8, 4) is 22.9 Å². The molecule has 0 N–H and O–H groups in total. The summed E-state index contributed by atoms with van der Waals surface area (Å²) >= 11 is 0. The highest BCUT2D eigenvalue weighted by Crippen LogP contribution is 2.58. The van der Waals surface area contributed by atoms with Gasteiger partial charge in [0.25, 0.3) is 12.5 Å². The van der Waals surface area contributed by atoms with E-state index in [4.69, 9.17) is 4.74 Å². The van der Waals surface area contributed by atoms with E-state index in [1.54, 1.807) is 0 Å². The van der Waals surface area contributed by atoms with Crippen LogP contribution in [-0.4, -0.2) is 89.3 Å². The predicted molar refractivity (Wildman–Crippen MR) is 159 cm³/mol. The third-order valence-corrected chi connectivity index (χ3v) is 7.95. The van der Waals surface area contributed by atoms with Crippen molar-refractivity contribution in [3.05, 3.63) is 36.7 Å². The molecule has 0 aliphatic heterocycles. The lowest BCUT2D eigenvalue weighted by molar-refractivity contribution is -0.522. The van der Waals surface area contributed by atoms with Crippen LogP contribution in [0.2, 0.25) is 0 Å². The highest BCUT2D eigenvalue weighted by Gasteiger charge is 2.87. The minimum atomic E-state index is -8.39. The molecule has 2 unspecified atom stereocenters. The Morgan fingerprint density at radius 1 is 0.525 bits per heavy atom. The number of halogens is 23. The molecule has 0 spiro atoms. The summed E-state index contributed by atoms with van der Waals surface area (Å²) < 4.78 is 326. The van der Waals surface area contributed by atoms with Crippen molar-refractivity contribution in [2.24, 2.45) is 0 Å². The highest BCUT2D eigenvalue weighted by molar-refractivity contribution is 5.56. The van der Waals surface area contributed by atoms with E-state index in [0.29, 0.717) is 18.6 Å². The summed E-state index contributed by atoms with van der Waals surface area (Å²) in [6.07, 6.45) is -41.1. The van der Waals surface area contributed by atoms with Gasteiger partial charge in [-0.2, -0.15) is 96.6 Å². The molecule has 0 aliphatic rings. The third-order valence-electron chi connectivity index (χ3n) is 7.95. The topological polar surface area (TPSA) is 62.7 Å². The van der Waals surface area contributed by atoms with Crippen LogP contribution in [0.25, 0.3) is 11.4 Å². The highest BCUT2D eigenvalue weighted by atomic mass is 19.4. The molecule has 1 heterocycles. The average molecular weight is 943 g/mol. The average Bonchev–Trinajstić information content (AvgIpc) is 3.12. The van der Waals surface area contributed by atoms with Gasteiger partial charge in [0.05, 0.1) is 19.0 Å². The number of unbranched alkanes of at least 4 members (excludes halogenated alkanes) is 7. The van der Waals surface area contributed by atoms with Gasteiger partial charge in [-0.1, -0.05) is 51.9 Å². The maximum absolute atomic E-state index is 15.0. The lowest BCUT2D eigenvalue weighted by Crippen LogP contribution is -2.68. The molecule has 0 radical (unpaired) electrons. The Morgan fingerprint density at radius 2 is 0.984 bits per heavy atom. The van der Waals surface area contributed by atoms with Crippen LogP contribution < -0.4 is 9.47 Å². The Bertz CT molecular complexity index is 1670. The zero-order valence-electron chi connectivity index (χ0n) is 30.2. The van der Waals surface area contributed by atoms with E-state index in [9.17, 15) is 92.2 Å². The molecule has 61 heavy (non-hydrogen) atoms. The van der Waals surface area contributed by atoms with E-state index in [2.05, 4.69) is 26.4 Å². The summed E-state index contributed by atoms with van der Waals surface area (Å²) in [6.45, 7) is 2.27. The number of rotatable bonds is 24.